The first kappa shape index (κ1) is 8.69. The smallest absolute Gasteiger partial charge is 0.228 e. The Kier molecular flexibility index (Phi) is 2.31. The maximum absolute atomic E-state index is 11.3. The number of carbonyl (C=O) groups excluding carboxylic acids is 1. The quantitative estimate of drug-likeness (QED) is 0.806. The van der Waals surface area contributed by atoms with Crippen LogP contribution < -0.4 is 5.32 Å². The lowest BCUT2D eigenvalue weighted by Crippen LogP contribution is -2.14. The Balaban J connectivity index is 2.04. The monoisotopic (exact) mass is 240 g/mol. The van der Waals surface area contributed by atoms with Gasteiger partial charge in [0, 0.05) is 5.92 Å². The van der Waals surface area contributed by atoms with E-state index in [2.05, 4.69) is 26.2 Å². The average molecular weight is 241 g/mol. The zero-order valence-corrected chi connectivity index (χ0v) is 8.54. The molecule has 13 heavy (non-hydrogen) atoms. The summed E-state index contributed by atoms with van der Waals surface area (Å²) in [6, 6.07) is 5.46. The lowest BCUT2D eigenvalue weighted by Gasteiger charge is -2.02. The number of rotatable bonds is 2. The number of nitrogens with one attached hydrogen (secondary N) is 1. The van der Waals surface area contributed by atoms with Gasteiger partial charge >= 0.3 is 0 Å². The minimum atomic E-state index is 0.0885. The van der Waals surface area contributed by atoms with Crippen molar-refractivity contribution in [3.63, 3.8) is 0 Å². The maximum Gasteiger partial charge on any atom is 0.228 e. The fourth-order valence-corrected chi connectivity index (χ4v) is 1.40. The number of anilines is 1. The van der Waals surface area contributed by atoms with Crippen LogP contribution in [0.25, 0.3) is 0 Å². The van der Waals surface area contributed by atoms with Crippen LogP contribution in [-0.4, -0.2) is 10.9 Å². The Hall–Kier alpha value is -0.900. The topological polar surface area (TPSA) is 42.0 Å². The number of hydrogen-bond donors (Lipinski definition) is 1. The van der Waals surface area contributed by atoms with Crippen LogP contribution in [0.1, 0.15) is 12.8 Å². The molecule has 1 heterocycles. The highest BCUT2D eigenvalue weighted by molar-refractivity contribution is 9.10. The van der Waals surface area contributed by atoms with Crippen LogP contribution in [0.15, 0.2) is 22.8 Å². The van der Waals surface area contributed by atoms with Crippen LogP contribution >= 0.6 is 15.9 Å². The molecule has 0 unspecified atom stereocenters. The molecule has 1 amide bonds. The standard InChI is InChI=1S/C9H9BrN2O/c10-7-2-1-3-8(11-7)12-9(13)6-4-5-6/h1-3,6H,4-5H2,(H,11,12,13). The molecule has 1 aliphatic carbocycles. The Morgan fingerprint density at radius 3 is 2.92 bits per heavy atom. The predicted molar refractivity (Wildman–Crippen MR) is 53.3 cm³/mol. The molecular weight excluding hydrogens is 232 g/mol. The van der Waals surface area contributed by atoms with E-state index in [0.717, 1.165) is 17.4 Å². The van der Waals surface area contributed by atoms with E-state index in [1.54, 1.807) is 6.07 Å². The summed E-state index contributed by atoms with van der Waals surface area (Å²) in [5.41, 5.74) is 0. The largest absolute Gasteiger partial charge is 0.310 e. The second-order valence-electron chi connectivity index (χ2n) is 3.11. The predicted octanol–water partition coefficient (Wildman–Crippen LogP) is 2.19. The van der Waals surface area contributed by atoms with Crippen molar-refractivity contribution in [2.45, 2.75) is 12.8 Å². The number of amides is 1. The fraction of sp³-hybridized carbons (Fsp3) is 0.333. The second kappa shape index (κ2) is 3.46. The first-order valence-electron chi connectivity index (χ1n) is 4.19. The summed E-state index contributed by atoms with van der Waals surface area (Å²) in [5, 5.41) is 2.76. The molecule has 0 radical (unpaired) electrons. The van der Waals surface area contributed by atoms with Gasteiger partial charge < -0.3 is 5.32 Å². The number of pyridine rings is 1. The molecule has 1 saturated carbocycles. The number of hydrogen-bond acceptors (Lipinski definition) is 2. The Bertz CT molecular complexity index is 336. The van der Waals surface area contributed by atoms with Crippen LogP contribution in [0.4, 0.5) is 5.82 Å². The van der Waals surface area contributed by atoms with E-state index < -0.39 is 0 Å². The number of halogens is 1. The van der Waals surface area contributed by atoms with Crippen molar-refractivity contribution in [3.8, 4) is 0 Å². The van der Waals surface area contributed by atoms with Gasteiger partial charge in [-0.15, -0.1) is 0 Å². The highest BCUT2D eigenvalue weighted by atomic mass is 79.9. The number of nitrogens with zero attached hydrogens (tertiary/aromatic N) is 1. The second-order valence-corrected chi connectivity index (χ2v) is 3.92. The molecule has 0 aromatic carbocycles. The average Bonchev–Trinajstić information content (AvgIpc) is 2.85. The van der Waals surface area contributed by atoms with Gasteiger partial charge in [-0.25, -0.2) is 4.98 Å². The van der Waals surface area contributed by atoms with Gasteiger partial charge in [0.05, 0.1) is 0 Å². The van der Waals surface area contributed by atoms with E-state index in [1.165, 1.54) is 0 Å². The molecule has 0 bridgehead atoms. The molecule has 2 rings (SSSR count). The summed E-state index contributed by atoms with van der Waals surface area (Å²) in [6.45, 7) is 0. The number of aromatic nitrogens is 1. The Morgan fingerprint density at radius 2 is 2.31 bits per heavy atom. The van der Waals surface area contributed by atoms with Gasteiger partial charge in [0.25, 0.3) is 0 Å². The van der Waals surface area contributed by atoms with Gasteiger partial charge in [0.2, 0.25) is 5.91 Å². The summed E-state index contributed by atoms with van der Waals surface area (Å²) in [4.78, 5) is 15.4. The SMILES string of the molecule is O=C(Nc1cccc(Br)n1)C1CC1. The molecule has 1 aromatic heterocycles. The molecule has 68 valence electrons. The van der Waals surface area contributed by atoms with Crippen LogP contribution in [0.2, 0.25) is 0 Å². The first-order chi connectivity index (χ1) is 6.25. The van der Waals surface area contributed by atoms with E-state index in [0.29, 0.717) is 5.82 Å². The zero-order valence-electron chi connectivity index (χ0n) is 6.96. The summed E-state index contributed by atoms with van der Waals surface area (Å²) in [7, 11) is 0. The van der Waals surface area contributed by atoms with E-state index in [-0.39, 0.29) is 11.8 Å². The van der Waals surface area contributed by atoms with E-state index in [4.69, 9.17) is 0 Å². The van der Waals surface area contributed by atoms with E-state index >= 15 is 0 Å². The highest BCUT2D eigenvalue weighted by Crippen LogP contribution is 2.29. The molecule has 0 saturated heterocycles. The van der Waals surface area contributed by atoms with Gasteiger partial charge in [-0.3, -0.25) is 4.79 Å². The third kappa shape index (κ3) is 2.28. The maximum atomic E-state index is 11.3. The van der Waals surface area contributed by atoms with E-state index in [1.807, 2.05) is 12.1 Å². The minimum Gasteiger partial charge on any atom is -0.310 e. The van der Waals surface area contributed by atoms with Crippen LogP contribution in [0.3, 0.4) is 0 Å². The van der Waals surface area contributed by atoms with Crippen LogP contribution in [-0.2, 0) is 4.79 Å². The third-order valence-corrected chi connectivity index (χ3v) is 2.36. The molecule has 4 heteroatoms. The molecule has 3 nitrogen and oxygen atoms in total. The number of carbonyl (C=O) groups is 1. The van der Waals surface area contributed by atoms with Crippen molar-refractivity contribution in [1.82, 2.24) is 4.98 Å². The van der Waals surface area contributed by atoms with Gasteiger partial charge in [-0.1, -0.05) is 6.07 Å². The molecule has 1 aromatic rings. The van der Waals surface area contributed by atoms with Crippen molar-refractivity contribution < 1.29 is 4.79 Å². The Labute approximate surface area is 84.7 Å². The van der Waals surface area contributed by atoms with Gasteiger partial charge in [0.1, 0.15) is 10.4 Å². The van der Waals surface area contributed by atoms with Crippen molar-refractivity contribution >= 4 is 27.7 Å². The van der Waals surface area contributed by atoms with Gasteiger partial charge in [0.15, 0.2) is 0 Å². The summed E-state index contributed by atoms with van der Waals surface area (Å²) >= 11 is 3.24. The normalized spacial score (nSPS) is 15.5. The molecule has 0 aliphatic heterocycles. The molecule has 0 spiro atoms. The minimum absolute atomic E-state index is 0.0885. The molecule has 1 aliphatic rings. The first-order valence-corrected chi connectivity index (χ1v) is 4.98. The van der Waals surface area contributed by atoms with E-state index in [9.17, 15) is 4.79 Å². The molecule has 1 fully saturated rings. The summed E-state index contributed by atoms with van der Waals surface area (Å²) in [5.74, 6) is 0.928. The zero-order chi connectivity index (χ0) is 9.26. The van der Waals surface area contributed by atoms with Gasteiger partial charge in [-0.05, 0) is 40.9 Å². The lowest BCUT2D eigenvalue weighted by molar-refractivity contribution is -0.117. The van der Waals surface area contributed by atoms with Gasteiger partial charge in [-0.2, -0.15) is 0 Å². The van der Waals surface area contributed by atoms with Crippen molar-refractivity contribution in [3.05, 3.63) is 22.8 Å². The van der Waals surface area contributed by atoms with Crippen molar-refractivity contribution in [2.24, 2.45) is 5.92 Å². The third-order valence-electron chi connectivity index (χ3n) is 1.91. The fourth-order valence-electron chi connectivity index (χ4n) is 1.05. The summed E-state index contributed by atoms with van der Waals surface area (Å²) in [6.07, 6.45) is 2.03. The summed E-state index contributed by atoms with van der Waals surface area (Å²) < 4.78 is 0.737. The molecule has 0 atom stereocenters. The van der Waals surface area contributed by atoms with Crippen molar-refractivity contribution in [2.75, 3.05) is 5.32 Å². The van der Waals surface area contributed by atoms with Crippen LogP contribution in [0, 0.1) is 5.92 Å². The Morgan fingerprint density at radius 1 is 1.54 bits per heavy atom. The molecule has 1 N–H and O–H groups in total. The van der Waals surface area contributed by atoms with Crippen LogP contribution in [0.5, 0.6) is 0 Å². The van der Waals surface area contributed by atoms with Crippen molar-refractivity contribution in [1.29, 1.82) is 0 Å². The molecular formula is C9H9BrN2O. The lowest BCUT2D eigenvalue weighted by atomic mass is 10.4. The highest BCUT2D eigenvalue weighted by Gasteiger charge is 2.29.